The molecular formula is C20H13F5N4O5S. The van der Waals surface area contributed by atoms with Gasteiger partial charge in [0.05, 0.1) is 35.2 Å². The zero-order chi connectivity index (χ0) is 25.9. The summed E-state index contributed by atoms with van der Waals surface area (Å²) in [5, 5.41) is 14.5. The van der Waals surface area contributed by atoms with Crippen molar-refractivity contribution in [3.63, 3.8) is 0 Å². The molecule has 0 saturated heterocycles. The Bertz CT molecular complexity index is 1420. The molecule has 0 aromatic heterocycles. The molecule has 0 aliphatic rings. The van der Waals surface area contributed by atoms with Gasteiger partial charge < -0.3 is 4.74 Å². The van der Waals surface area contributed by atoms with Crippen molar-refractivity contribution in [1.82, 2.24) is 0 Å². The minimum absolute atomic E-state index is 0.0163. The first-order valence-corrected chi connectivity index (χ1v) is 10.7. The Morgan fingerprint density at radius 3 is 2.14 bits per heavy atom. The molecule has 3 rings (SSSR count). The topological polar surface area (TPSA) is 123 Å². The monoisotopic (exact) mass is 516 g/mol. The number of nitrogens with one attached hydrogen (secondary N) is 2. The molecule has 9 nitrogen and oxygen atoms in total. The summed E-state index contributed by atoms with van der Waals surface area (Å²) in [6.07, 6.45) is 0.238. The fourth-order valence-corrected chi connectivity index (χ4v) is 4.02. The maximum atomic E-state index is 13.8. The minimum Gasteiger partial charge on any atom is -0.495 e. The smallest absolute Gasteiger partial charge is 0.270 e. The van der Waals surface area contributed by atoms with Gasteiger partial charge in [0.2, 0.25) is 5.82 Å². The number of sulfonamides is 1. The Kier molecular flexibility index (Phi) is 7.19. The van der Waals surface area contributed by atoms with E-state index in [1.807, 2.05) is 0 Å². The van der Waals surface area contributed by atoms with Crippen LogP contribution in [0, 0.1) is 39.2 Å². The molecule has 184 valence electrons. The normalized spacial score (nSPS) is 11.5. The molecule has 0 heterocycles. The zero-order valence-corrected chi connectivity index (χ0v) is 18.2. The lowest BCUT2D eigenvalue weighted by Crippen LogP contribution is -2.15. The van der Waals surface area contributed by atoms with Gasteiger partial charge in [0, 0.05) is 12.1 Å². The van der Waals surface area contributed by atoms with Crippen molar-refractivity contribution in [2.45, 2.75) is 4.90 Å². The minimum atomic E-state index is -4.55. The number of hydrogen-bond acceptors (Lipinski definition) is 7. The summed E-state index contributed by atoms with van der Waals surface area (Å²) < 4.78 is 101. The van der Waals surface area contributed by atoms with Gasteiger partial charge in [0.25, 0.3) is 15.7 Å². The highest BCUT2D eigenvalue weighted by Crippen LogP contribution is 2.31. The molecule has 0 fully saturated rings. The third-order valence-corrected chi connectivity index (χ3v) is 5.84. The second kappa shape index (κ2) is 9.92. The molecule has 0 atom stereocenters. The SMILES string of the molecule is COc1ccccc1NS(=O)(=O)c1cc([N+](=O)[O-])ccc1NN=Cc1c(F)c(F)c(F)c(F)c1F. The third kappa shape index (κ3) is 5.13. The number of methoxy groups -OCH3 is 1. The second-order valence-corrected chi connectivity index (χ2v) is 8.25. The van der Waals surface area contributed by atoms with E-state index >= 15 is 0 Å². The highest BCUT2D eigenvalue weighted by atomic mass is 32.2. The predicted octanol–water partition coefficient (Wildman–Crippen LogP) is 4.55. The van der Waals surface area contributed by atoms with E-state index in [-0.39, 0.29) is 17.7 Å². The number of benzene rings is 3. The van der Waals surface area contributed by atoms with Crippen molar-refractivity contribution in [3.05, 3.63) is 87.2 Å². The molecule has 0 unspecified atom stereocenters. The van der Waals surface area contributed by atoms with Gasteiger partial charge in [-0.2, -0.15) is 5.10 Å². The fourth-order valence-electron chi connectivity index (χ4n) is 2.77. The molecule has 0 saturated carbocycles. The van der Waals surface area contributed by atoms with Crippen molar-refractivity contribution in [3.8, 4) is 5.75 Å². The number of halogens is 5. The van der Waals surface area contributed by atoms with Crippen LogP contribution >= 0.6 is 0 Å². The van der Waals surface area contributed by atoms with E-state index in [9.17, 15) is 40.5 Å². The van der Waals surface area contributed by atoms with Gasteiger partial charge in [0.15, 0.2) is 23.3 Å². The molecule has 35 heavy (non-hydrogen) atoms. The first-order chi connectivity index (χ1) is 16.5. The van der Waals surface area contributed by atoms with Gasteiger partial charge in [-0.05, 0) is 18.2 Å². The van der Waals surface area contributed by atoms with E-state index in [0.717, 1.165) is 12.1 Å². The Hall–Kier alpha value is -4.27. The van der Waals surface area contributed by atoms with E-state index in [2.05, 4.69) is 15.2 Å². The number of nitro groups is 1. The van der Waals surface area contributed by atoms with Crippen molar-refractivity contribution in [1.29, 1.82) is 0 Å². The Morgan fingerprint density at radius 1 is 0.943 bits per heavy atom. The quantitative estimate of drug-likeness (QED) is 0.113. The van der Waals surface area contributed by atoms with Gasteiger partial charge in [-0.25, -0.2) is 30.4 Å². The lowest BCUT2D eigenvalue weighted by Gasteiger charge is -2.14. The average molecular weight is 516 g/mol. The highest BCUT2D eigenvalue weighted by molar-refractivity contribution is 7.93. The van der Waals surface area contributed by atoms with Gasteiger partial charge in [0.1, 0.15) is 10.6 Å². The summed E-state index contributed by atoms with van der Waals surface area (Å²) in [5.74, 6) is -11.0. The summed E-state index contributed by atoms with van der Waals surface area (Å²) in [5.41, 5.74) is -0.375. The summed E-state index contributed by atoms with van der Waals surface area (Å²) in [7, 11) is -3.27. The third-order valence-electron chi connectivity index (χ3n) is 4.44. The molecule has 0 radical (unpaired) electrons. The van der Waals surface area contributed by atoms with Crippen LogP contribution in [0.15, 0.2) is 52.5 Å². The summed E-state index contributed by atoms with van der Waals surface area (Å²) >= 11 is 0. The van der Waals surface area contributed by atoms with Crippen LogP contribution in [0.1, 0.15) is 5.56 Å². The van der Waals surface area contributed by atoms with Crippen LogP contribution in [-0.2, 0) is 10.0 Å². The van der Waals surface area contributed by atoms with Crippen molar-refractivity contribution in [2.75, 3.05) is 17.3 Å². The van der Waals surface area contributed by atoms with Crippen LogP contribution in [0.25, 0.3) is 0 Å². The summed E-state index contributed by atoms with van der Waals surface area (Å²) in [6, 6.07) is 8.34. The van der Waals surface area contributed by atoms with E-state index in [0.29, 0.717) is 6.07 Å². The zero-order valence-electron chi connectivity index (χ0n) is 17.4. The Balaban J connectivity index is 2.03. The van der Waals surface area contributed by atoms with Crippen LogP contribution in [-0.4, -0.2) is 26.7 Å². The van der Waals surface area contributed by atoms with Crippen molar-refractivity contribution < 1.29 is 40.0 Å². The van der Waals surface area contributed by atoms with Gasteiger partial charge in [-0.15, -0.1) is 0 Å². The molecule has 0 aliphatic carbocycles. The van der Waals surface area contributed by atoms with Crippen molar-refractivity contribution in [2.24, 2.45) is 5.10 Å². The Morgan fingerprint density at radius 2 is 1.54 bits per heavy atom. The van der Waals surface area contributed by atoms with Crippen LogP contribution in [0.5, 0.6) is 5.75 Å². The van der Waals surface area contributed by atoms with Crippen LogP contribution in [0.2, 0.25) is 0 Å². The van der Waals surface area contributed by atoms with Crippen LogP contribution < -0.4 is 14.9 Å². The first kappa shape index (κ1) is 25.4. The average Bonchev–Trinajstić information content (AvgIpc) is 2.83. The van der Waals surface area contributed by atoms with Crippen LogP contribution in [0.4, 0.5) is 39.0 Å². The standard InChI is InChI=1S/C20H13F5N4O5S/c1-34-14-5-3-2-4-12(14)28-35(32,33)15-8-10(29(30)31)6-7-13(15)27-26-9-11-16(21)18(23)20(25)19(24)17(11)22/h2-9,27-28H,1H3. The number of para-hydroxylation sites is 2. The predicted molar refractivity (Wildman–Crippen MR) is 114 cm³/mol. The largest absolute Gasteiger partial charge is 0.495 e. The van der Waals surface area contributed by atoms with E-state index in [1.54, 1.807) is 6.07 Å². The fraction of sp³-hybridized carbons (Fsp3) is 0.0500. The van der Waals surface area contributed by atoms with Gasteiger partial charge in [-0.3, -0.25) is 20.3 Å². The maximum absolute atomic E-state index is 13.8. The van der Waals surface area contributed by atoms with Crippen molar-refractivity contribution >= 4 is 33.3 Å². The molecular weight excluding hydrogens is 503 g/mol. The molecule has 3 aromatic carbocycles. The highest BCUT2D eigenvalue weighted by Gasteiger charge is 2.26. The first-order valence-electron chi connectivity index (χ1n) is 9.22. The molecule has 3 aromatic rings. The summed E-state index contributed by atoms with van der Waals surface area (Å²) in [4.78, 5) is 9.56. The van der Waals surface area contributed by atoms with E-state index in [4.69, 9.17) is 4.74 Å². The van der Waals surface area contributed by atoms with E-state index < -0.39 is 65.9 Å². The van der Waals surface area contributed by atoms with E-state index in [1.165, 1.54) is 25.3 Å². The van der Waals surface area contributed by atoms with Gasteiger partial charge in [-0.1, -0.05) is 12.1 Å². The number of nitrogens with zero attached hydrogens (tertiary/aromatic N) is 2. The number of anilines is 2. The molecule has 2 N–H and O–H groups in total. The number of ether oxygens (including phenoxy) is 1. The Labute approximate surface area is 194 Å². The number of hydrogen-bond donors (Lipinski definition) is 2. The number of rotatable bonds is 8. The number of hydrazone groups is 1. The lowest BCUT2D eigenvalue weighted by molar-refractivity contribution is -0.385. The molecule has 0 bridgehead atoms. The molecule has 0 amide bonds. The molecule has 0 aliphatic heterocycles. The lowest BCUT2D eigenvalue weighted by atomic mass is 10.2. The number of nitro benzene ring substituents is 1. The summed E-state index contributed by atoms with van der Waals surface area (Å²) in [6.45, 7) is 0. The maximum Gasteiger partial charge on any atom is 0.270 e. The second-order valence-electron chi connectivity index (χ2n) is 6.60. The number of non-ortho nitro benzene ring substituents is 1. The molecule has 0 spiro atoms. The van der Waals surface area contributed by atoms with Crippen LogP contribution in [0.3, 0.4) is 0 Å². The molecule has 15 heteroatoms. The van der Waals surface area contributed by atoms with Gasteiger partial charge >= 0.3 is 0 Å².